The van der Waals surface area contributed by atoms with Crippen LogP contribution in [0.25, 0.3) is 0 Å². The van der Waals surface area contributed by atoms with Gasteiger partial charge in [0.05, 0.1) is 36.2 Å². The predicted molar refractivity (Wildman–Crippen MR) is 116 cm³/mol. The van der Waals surface area contributed by atoms with Gasteiger partial charge in [0.15, 0.2) is 0 Å². The van der Waals surface area contributed by atoms with Crippen LogP contribution >= 0.6 is 0 Å². The lowest BCUT2D eigenvalue weighted by atomic mass is 10.1. The van der Waals surface area contributed by atoms with E-state index in [0.717, 1.165) is 30.3 Å². The largest absolute Gasteiger partial charge is 0.497 e. The van der Waals surface area contributed by atoms with Crippen LogP contribution in [0.15, 0.2) is 18.2 Å². The number of hydrogen-bond donors (Lipinski definition) is 1. The molecule has 1 aromatic heterocycles. The van der Waals surface area contributed by atoms with Crippen molar-refractivity contribution in [1.29, 1.82) is 0 Å². The molecule has 9 heteroatoms. The number of hydrogen-bond acceptors (Lipinski definition) is 6. The summed E-state index contributed by atoms with van der Waals surface area (Å²) < 4.78 is 31.3. The van der Waals surface area contributed by atoms with E-state index in [2.05, 4.69) is 10.4 Å². The van der Waals surface area contributed by atoms with Crippen molar-refractivity contribution in [2.45, 2.75) is 45.6 Å². The summed E-state index contributed by atoms with van der Waals surface area (Å²) in [5.74, 6) is -1.03. The molecular formula is C23H30FN3O5. The molecular weight excluding hydrogens is 417 g/mol. The standard InChI is InChI=1S/C23H30FN3O5/c1-3-19-21-20(7-4-10-31-11-5-8-25-22(21)28)27(26-19)9-6-12-32-23(29)16-13-17(24)15-18(14-16)30-2/h13-15H,3-12H2,1-2H3,(H,25,28). The number of fused-ring (bicyclic) bond motifs is 1. The zero-order valence-electron chi connectivity index (χ0n) is 18.6. The first kappa shape index (κ1) is 23.7. The molecule has 0 fully saturated rings. The van der Waals surface area contributed by atoms with Gasteiger partial charge in [-0.15, -0.1) is 0 Å². The molecule has 1 aromatic carbocycles. The molecule has 0 bridgehead atoms. The highest BCUT2D eigenvalue weighted by Gasteiger charge is 2.23. The molecule has 3 rings (SSSR count). The van der Waals surface area contributed by atoms with E-state index in [1.165, 1.54) is 19.2 Å². The highest BCUT2D eigenvalue weighted by Crippen LogP contribution is 2.19. The summed E-state index contributed by atoms with van der Waals surface area (Å²) in [6.45, 7) is 4.44. The Balaban J connectivity index is 1.65. The van der Waals surface area contributed by atoms with E-state index < -0.39 is 11.8 Å². The Morgan fingerprint density at radius 3 is 2.88 bits per heavy atom. The lowest BCUT2D eigenvalue weighted by molar-refractivity contribution is 0.0493. The van der Waals surface area contributed by atoms with Crippen LogP contribution in [0.5, 0.6) is 5.75 Å². The van der Waals surface area contributed by atoms with Crippen LogP contribution in [-0.2, 0) is 28.9 Å². The summed E-state index contributed by atoms with van der Waals surface area (Å²) in [4.78, 5) is 25.0. The molecule has 1 N–H and O–H groups in total. The molecule has 0 saturated carbocycles. The van der Waals surface area contributed by atoms with Gasteiger partial charge in [-0.3, -0.25) is 9.48 Å². The van der Waals surface area contributed by atoms with Crippen LogP contribution in [0.4, 0.5) is 4.39 Å². The number of nitrogens with zero attached hydrogens (tertiary/aromatic N) is 2. The Morgan fingerprint density at radius 2 is 2.09 bits per heavy atom. The summed E-state index contributed by atoms with van der Waals surface area (Å²) in [5, 5.41) is 7.60. The average Bonchev–Trinajstić information content (AvgIpc) is 3.13. The second-order valence-electron chi connectivity index (χ2n) is 7.54. The number of aromatic nitrogens is 2. The maximum Gasteiger partial charge on any atom is 0.338 e. The molecule has 1 aliphatic heterocycles. The van der Waals surface area contributed by atoms with Gasteiger partial charge in [-0.25, -0.2) is 9.18 Å². The van der Waals surface area contributed by atoms with Crippen LogP contribution in [0, 0.1) is 5.82 Å². The van der Waals surface area contributed by atoms with Gasteiger partial charge in [0.2, 0.25) is 0 Å². The number of ether oxygens (including phenoxy) is 3. The van der Waals surface area contributed by atoms with Gasteiger partial charge in [0, 0.05) is 38.8 Å². The minimum absolute atomic E-state index is 0.0966. The van der Waals surface area contributed by atoms with E-state index in [-0.39, 0.29) is 23.8 Å². The monoisotopic (exact) mass is 447 g/mol. The Hall–Kier alpha value is -2.94. The molecule has 0 spiro atoms. The third-order valence-electron chi connectivity index (χ3n) is 5.24. The van der Waals surface area contributed by atoms with Crippen molar-refractivity contribution in [3.8, 4) is 5.75 Å². The van der Waals surface area contributed by atoms with Crippen LogP contribution < -0.4 is 10.1 Å². The molecule has 8 nitrogen and oxygen atoms in total. The number of amides is 1. The lowest BCUT2D eigenvalue weighted by Crippen LogP contribution is -2.26. The molecule has 32 heavy (non-hydrogen) atoms. The smallest absolute Gasteiger partial charge is 0.338 e. The summed E-state index contributed by atoms with van der Waals surface area (Å²) >= 11 is 0. The van der Waals surface area contributed by atoms with Gasteiger partial charge in [0.25, 0.3) is 5.91 Å². The zero-order chi connectivity index (χ0) is 22.9. The summed E-state index contributed by atoms with van der Waals surface area (Å²) in [5.41, 5.74) is 2.39. The first-order valence-corrected chi connectivity index (χ1v) is 11.0. The third kappa shape index (κ3) is 6.06. The number of benzene rings is 1. The number of methoxy groups -OCH3 is 1. The number of carbonyl (C=O) groups excluding carboxylic acids is 2. The van der Waals surface area contributed by atoms with E-state index >= 15 is 0 Å². The van der Waals surface area contributed by atoms with E-state index in [1.807, 2.05) is 11.6 Å². The molecule has 2 aromatic rings. The summed E-state index contributed by atoms with van der Waals surface area (Å²) in [7, 11) is 1.40. The lowest BCUT2D eigenvalue weighted by Gasteiger charge is -2.10. The first-order valence-electron chi connectivity index (χ1n) is 11.0. The fraction of sp³-hybridized carbons (Fsp3) is 0.522. The third-order valence-corrected chi connectivity index (χ3v) is 5.24. The number of rotatable bonds is 7. The Labute approximate surface area is 187 Å². The minimum atomic E-state index is -0.617. The SMILES string of the molecule is CCc1nn(CCCOC(=O)c2cc(F)cc(OC)c2)c2c1C(=O)NCCCOCCC2. The van der Waals surface area contributed by atoms with Gasteiger partial charge < -0.3 is 19.5 Å². The van der Waals surface area contributed by atoms with Crippen LogP contribution in [0.2, 0.25) is 0 Å². The molecule has 1 aliphatic rings. The molecule has 1 amide bonds. The zero-order valence-corrected chi connectivity index (χ0v) is 18.6. The van der Waals surface area contributed by atoms with Crippen LogP contribution in [0.3, 0.4) is 0 Å². The van der Waals surface area contributed by atoms with Gasteiger partial charge in [0.1, 0.15) is 11.6 Å². The molecule has 174 valence electrons. The molecule has 0 atom stereocenters. The maximum absolute atomic E-state index is 13.6. The highest BCUT2D eigenvalue weighted by atomic mass is 19.1. The van der Waals surface area contributed by atoms with Crippen molar-refractivity contribution >= 4 is 11.9 Å². The second kappa shape index (κ2) is 11.6. The first-order chi connectivity index (χ1) is 15.5. The Kier molecular flexibility index (Phi) is 8.61. The minimum Gasteiger partial charge on any atom is -0.497 e. The van der Waals surface area contributed by atoms with Crippen molar-refractivity contribution in [2.24, 2.45) is 0 Å². The number of carbonyl (C=O) groups is 2. The second-order valence-corrected chi connectivity index (χ2v) is 7.54. The van der Waals surface area contributed by atoms with Gasteiger partial charge in [-0.1, -0.05) is 6.92 Å². The number of halogens is 1. The summed E-state index contributed by atoms with van der Waals surface area (Å²) in [6.07, 6.45) is 3.41. The summed E-state index contributed by atoms with van der Waals surface area (Å²) in [6, 6.07) is 3.74. The maximum atomic E-state index is 13.6. The highest BCUT2D eigenvalue weighted by molar-refractivity contribution is 5.96. The van der Waals surface area contributed by atoms with Gasteiger partial charge in [-0.05, 0) is 37.8 Å². The van der Waals surface area contributed by atoms with Gasteiger partial charge >= 0.3 is 5.97 Å². The van der Waals surface area contributed by atoms with Crippen molar-refractivity contribution in [3.63, 3.8) is 0 Å². The fourth-order valence-corrected chi connectivity index (χ4v) is 3.67. The van der Waals surface area contributed by atoms with Crippen molar-refractivity contribution in [2.75, 3.05) is 33.5 Å². The number of esters is 1. The molecule has 0 radical (unpaired) electrons. The van der Waals surface area contributed by atoms with Crippen molar-refractivity contribution in [3.05, 3.63) is 46.5 Å². The van der Waals surface area contributed by atoms with Crippen molar-refractivity contribution < 1.29 is 28.2 Å². The van der Waals surface area contributed by atoms with Gasteiger partial charge in [-0.2, -0.15) is 5.10 Å². The molecule has 0 unspecified atom stereocenters. The fourth-order valence-electron chi connectivity index (χ4n) is 3.67. The van der Waals surface area contributed by atoms with Crippen LogP contribution in [0.1, 0.15) is 58.3 Å². The Bertz CT molecular complexity index is 944. The predicted octanol–water partition coefficient (Wildman–Crippen LogP) is 2.92. The average molecular weight is 448 g/mol. The normalized spacial score (nSPS) is 14.8. The topological polar surface area (TPSA) is 91.7 Å². The molecule has 0 saturated heterocycles. The van der Waals surface area contributed by atoms with E-state index in [1.54, 1.807) is 0 Å². The quantitative estimate of drug-likeness (QED) is 0.518. The number of nitrogens with one attached hydrogen (secondary N) is 1. The Morgan fingerprint density at radius 1 is 1.28 bits per heavy atom. The van der Waals surface area contributed by atoms with Crippen molar-refractivity contribution in [1.82, 2.24) is 15.1 Å². The molecule has 0 aliphatic carbocycles. The molecule has 2 heterocycles. The van der Waals surface area contributed by atoms with Crippen LogP contribution in [-0.4, -0.2) is 55.1 Å². The van der Waals surface area contributed by atoms with E-state index in [4.69, 9.17) is 14.2 Å². The van der Waals surface area contributed by atoms with E-state index in [9.17, 15) is 14.0 Å². The van der Waals surface area contributed by atoms with E-state index in [0.29, 0.717) is 51.1 Å². The number of aryl methyl sites for hydroxylation is 2.